The third-order valence-electron chi connectivity index (χ3n) is 7.24. The van der Waals surface area contributed by atoms with Gasteiger partial charge >= 0.3 is 0 Å². The second kappa shape index (κ2) is 12.5. The zero-order valence-electron chi connectivity index (χ0n) is 23.0. The predicted molar refractivity (Wildman–Crippen MR) is 151 cm³/mol. The van der Waals surface area contributed by atoms with Crippen LogP contribution in [0.4, 0.5) is 0 Å². The molecular weight excluding hydrogens is 490 g/mol. The van der Waals surface area contributed by atoms with Gasteiger partial charge in [0.25, 0.3) is 0 Å². The van der Waals surface area contributed by atoms with Crippen LogP contribution in [0.3, 0.4) is 0 Å². The Balaban J connectivity index is 1.30. The Morgan fingerprint density at radius 3 is 2.21 bits per heavy atom. The van der Waals surface area contributed by atoms with Gasteiger partial charge in [-0.2, -0.15) is 0 Å². The number of ether oxygens (including phenoxy) is 5. The number of hydrogen-bond donors (Lipinski definition) is 0. The molecule has 3 aromatic carbocycles. The summed E-state index contributed by atoms with van der Waals surface area (Å²) in [5, 5.41) is 0. The van der Waals surface area contributed by atoms with Gasteiger partial charge in [-0.25, -0.2) is 0 Å². The van der Waals surface area contributed by atoms with Gasteiger partial charge in [-0.3, -0.25) is 0 Å². The van der Waals surface area contributed by atoms with E-state index in [9.17, 15) is 0 Å². The van der Waals surface area contributed by atoms with Crippen molar-refractivity contribution in [1.29, 1.82) is 0 Å². The summed E-state index contributed by atoms with van der Waals surface area (Å²) < 4.78 is 30.3. The van der Waals surface area contributed by atoms with Gasteiger partial charge in [0.2, 0.25) is 5.79 Å². The fourth-order valence-corrected chi connectivity index (χ4v) is 5.16. The minimum absolute atomic E-state index is 0.383. The smallest absolute Gasteiger partial charge is 0.219 e. The van der Waals surface area contributed by atoms with Crippen molar-refractivity contribution in [3.05, 3.63) is 119 Å². The Labute approximate surface area is 231 Å². The normalized spacial score (nSPS) is 20.3. The minimum Gasteiger partial charge on any atom is -0.493 e. The lowest BCUT2D eigenvalue weighted by molar-refractivity contribution is -0.252. The number of nitrogens with zero attached hydrogens (tertiary/aromatic N) is 1. The average Bonchev–Trinajstić information content (AvgIpc) is 2.99. The third-order valence-corrected chi connectivity index (χ3v) is 7.24. The van der Waals surface area contributed by atoms with E-state index in [0.29, 0.717) is 19.8 Å². The SMILES string of the molecule is CCOC1(OCc2ccccc2)C=CC(N2CCc3cc(OCc4ccccc4)c(OC)cc3C2)=CC1OC. The fraction of sp³-hybridized carbons (Fsp3) is 0.333. The highest BCUT2D eigenvalue weighted by molar-refractivity contribution is 5.49. The summed E-state index contributed by atoms with van der Waals surface area (Å²) in [6, 6.07) is 24.5. The van der Waals surface area contributed by atoms with Crippen LogP contribution in [0, 0.1) is 0 Å². The lowest BCUT2D eigenvalue weighted by Crippen LogP contribution is -2.48. The number of rotatable bonds is 11. The van der Waals surface area contributed by atoms with E-state index in [-0.39, 0.29) is 6.10 Å². The first-order chi connectivity index (χ1) is 19.1. The fourth-order valence-electron chi connectivity index (χ4n) is 5.16. The molecule has 2 atom stereocenters. The Kier molecular flexibility index (Phi) is 8.67. The van der Waals surface area contributed by atoms with Crippen LogP contribution in [0.2, 0.25) is 0 Å². The molecule has 0 spiro atoms. The molecule has 5 rings (SSSR count). The summed E-state index contributed by atoms with van der Waals surface area (Å²) in [6.07, 6.45) is 6.73. The molecule has 39 heavy (non-hydrogen) atoms. The number of fused-ring (bicyclic) bond motifs is 1. The zero-order chi connectivity index (χ0) is 27.1. The molecule has 1 heterocycles. The molecule has 6 nitrogen and oxygen atoms in total. The van der Waals surface area contributed by atoms with Crippen molar-refractivity contribution in [2.75, 3.05) is 27.4 Å². The average molecular weight is 528 g/mol. The molecule has 3 aromatic rings. The maximum absolute atomic E-state index is 6.36. The van der Waals surface area contributed by atoms with Crippen LogP contribution >= 0.6 is 0 Å². The summed E-state index contributed by atoms with van der Waals surface area (Å²) in [6.45, 7) is 5.07. The molecule has 0 fully saturated rings. The zero-order valence-corrected chi connectivity index (χ0v) is 23.0. The molecule has 6 heteroatoms. The van der Waals surface area contributed by atoms with Gasteiger partial charge in [-0.1, -0.05) is 60.7 Å². The largest absolute Gasteiger partial charge is 0.493 e. The monoisotopic (exact) mass is 527 g/mol. The first-order valence-corrected chi connectivity index (χ1v) is 13.5. The van der Waals surface area contributed by atoms with E-state index in [2.05, 4.69) is 41.3 Å². The molecule has 1 aliphatic heterocycles. The molecule has 0 saturated carbocycles. The Bertz CT molecular complexity index is 1290. The Morgan fingerprint density at radius 2 is 1.54 bits per heavy atom. The standard InChI is InChI=1S/C33H37NO5/c1-4-38-33(39-24-26-13-9-6-10-14-26)17-15-29(21-32(33)36-3)34-18-16-27-19-31(30(35-2)20-28(27)22-34)37-23-25-11-7-5-8-12-25/h5-15,17,19-21,32H,4,16,18,22-24H2,1-3H3. The highest BCUT2D eigenvalue weighted by Crippen LogP contribution is 2.37. The van der Waals surface area contributed by atoms with E-state index in [1.54, 1.807) is 14.2 Å². The van der Waals surface area contributed by atoms with E-state index in [1.807, 2.05) is 61.5 Å². The topological polar surface area (TPSA) is 49.4 Å². The van der Waals surface area contributed by atoms with Crippen molar-refractivity contribution in [3.63, 3.8) is 0 Å². The molecule has 0 amide bonds. The quantitative estimate of drug-likeness (QED) is 0.283. The van der Waals surface area contributed by atoms with Crippen LogP contribution in [0.5, 0.6) is 11.5 Å². The molecular formula is C33H37NO5. The van der Waals surface area contributed by atoms with E-state index in [1.165, 1.54) is 11.1 Å². The van der Waals surface area contributed by atoms with Crippen molar-refractivity contribution < 1.29 is 23.7 Å². The van der Waals surface area contributed by atoms with Gasteiger partial charge in [0.15, 0.2) is 11.5 Å². The minimum atomic E-state index is -0.981. The lowest BCUT2D eigenvalue weighted by atomic mass is 9.96. The molecule has 0 aromatic heterocycles. The van der Waals surface area contributed by atoms with Crippen LogP contribution in [0.15, 0.2) is 96.7 Å². The van der Waals surface area contributed by atoms with Crippen molar-refractivity contribution in [2.45, 2.75) is 45.0 Å². The van der Waals surface area contributed by atoms with Gasteiger partial charge in [-0.05, 0) is 66.0 Å². The number of allylic oxidation sites excluding steroid dienone is 1. The van der Waals surface area contributed by atoms with Crippen molar-refractivity contribution >= 4 is 0 Å². The molecule has 204 valence electrons. The molecule has 1 aliphatic carbocycles. The summed E-state index contributed by atoms with van der Waals surface area (Å²) >= 11 is 0. The van der Waals surface area contributed by atoms with Crippen LogP contribution in [0.25, 0.3) is 0 Å². The summed E-state index contributed by atoms with van der Waals surface area (Å²) in [5.74, 6) is 0.547. The van der Waals surface area contributed by atoms with E-state index in [4.69, 9.17) is 23.7 Å². The molecule has 0 bridgehead atoms. The highest BCUT2D eigenvalue weighted by Gasteiger charge is 2.41. The van der Waals surface area contributed by atoms with Crippen LogP contribution in [-0.4, -0.2) is 44.2 Å². The maximum atomic E-state index is 6.36. The Morgan fingerprint density at radius 1 is 0.846 bits per heavy atom. The van der Waals surface area contributed by atoms with Crippen molar-refractivity contribution in [1.82, 2.24) is 4.90 Å². The van der Waals surface area contributed by atoms with E-state index >= 15 is 0 Å². The van der Waals surface area contributed by atoms with Gasteiger partial charge in [0, 0.05) is 32.5 Å². The second-order valence-corrected chi connectivity index (χ2v) is 9.73. The summed E-state index contributed by atoms with van der Waals surface area (Å²) in [5.41, 5.74) is 5.82. The predicted octanol–water partition coefficient (Wildman–Crippen LogP) is 6.05. The summed E-state index contributed by atoms with van der Waals surface area (Å²) in [4.78, 5) is 2.36. The van der Waals surface area contributed by atoms with Gasteiger partial charge in [-0.15, -0.1) is 0 Å². The van der Waals surface area contributed by atoms with Crippen LogP contribution in [-0.2, 0) is 40.4 Å². The number of methoxy groups -OCH3 is 2. The van der Waals surface area contributed by atoms with Crippen molar-refractivity contribution in [3.8, 4) is 11.5 Å². The van der Waals surface area contributed by atoms with Gasteiger partial charge in [0.05, 0.1) is 13.7 Å². The molecule has 2 aliphatic rings. The van der Waals surface area contributed by atoms with Crippen LogP contribution < -0.4 is 9.47 Å². The lowest BCUT2D eigenvalue weighted by Gasteiger charge is -2.40. The second-order valence-electron chi connectivity index (χ2n) is 9.73. The number of benzene rings is 3. The van der Waals surface area contributed by atoms with E-state index in [0.717, 1.165) is 47.8 Å². The first-order valence-electron chi connectivity index (χ1n) is 13.5. The van der Waals surface area contributed by atoms with Gasteiger partial charge < -0.3 is 28.6 Å². The molecule has 2 unspecified atom stereocenters. The maximum Gasteiger partial charge on any atom is 0.219 e. The van der Waals surface area contributed by atoms with E-state index < -0.39 is 5.79 Å². The molecule has 0 N–H and O–H groups in total. The molecule has 0 radical (unpaired) electrons. The Hall–Kier alpha value is -3.58. The third kappa shape index (κ3) is 6.19. The van der Waals surface area contributed by atoms with Crippen LogP contribution in [0.1, 0.15) is 29.2 Å². The molecule has 0 saturated heterocycles. The number of hydrogen-bond acceptors (Lipinski definition) is 6. The first kappa shape index (κ1) is 27.0. The van der Waals surface area contributed by atoms with Crippen molar-refractivity contribution in [2.24, 2.45) is 0 Å². The summed E-state index contributed by atoms with van der Waals surface area (Å²) in [7, 11) is 3.39. The highest BCUT2D eigenvalue weighted by atomic mass is 16.7. The van der Waals surface area contributed by atoms with Gasteiger partial charge in [0.1, 0.15) is 12.7 Å².